The smallest absolute Gasteiger partial charge is 0.261 e. The molecule has 2 aromatic rings. The van der Waals surface area contributed by atoms with Crippen molar-refractivity contribution in [2.45, 2.75) is 0 Å². The van der Waals surface area contributed by atoms with E-state index >= 15 is 0 Å². The third-order valence-corrected chi connectivity index (χ3v) is 2.81. The third kappa shape index (κ3) is 2.54. The Bertz CT molecular complexity index is 567. The predicted molar refractivity (Wildman–Crippen MR) is 69.8 cm³/mol. The minimum atomic E-state index is -0.419. The molecule has 1 aromatic carbocycles. The van der Waals surface area contributed by atoms with Crippen LogP contribution in [0.2, 0.25) is 0 Å². The molecule has 1 heterocycles. The van der Waals surface area contributed by atoms with E-state index < -0.39 is 5.91 Å². The van der Waals surface area contributed by atoms with E-state index in [0.717, 1.165) is 3.57 Å². The van der Waals surface area contributed by atoms with Gasteiger partial charge in [-0.15, -0.1) is 0 Å². The Balaban J connectivity index is 2.26. The molecule has 0 aliphatic rings. The molecule has 0 saturated heterocycles. The second-order valence-corrected chi connectivity index (χ2v) is 4.57. The molecule has 2 N–H and O–H groups in total. The molecule has 0 spiro atoms. The highest BCUT2D eigenvalue weighted by molar-refractivity contribution is 14.1. The maximum Gasteiger partial charge on any atom is 0.261 e. The summed E-state index contributed by atoms with van der Waals surface area (Å²) in [7, 11) is 1.66. The number of aryl methyl sites for hydroxylation is 1. The number of aromatic nitrogens is 3. The number of carbonyl (C=O) groups is 1. The van der Waals surface area contributed by atoms with E-state index in [1.165, 1.54) is 17.1 Å². The molecule has 1 aromatic heterocycles. The SMILES string of the molecule is Cn1ncnc1NC(=O)c1cc(I)ccc1O. The Hall–Kier alpha value is -1.64. The summed E-state index contributed by atoms with van der Waals surface area (Å²) in [5.41, 5.74) is 0.208. The van der Waals surface area contributed by atoms with Gasteiger partial charge in [-0.1, -0.05) is 0 Å². The number of rotatable bonds is 2. The standard InChI is InChI=1S/C10H9IN4O2/c1-15-10(12-5-13-15)14-9(17)7-4-6(11)2-3-8(7)16/h2-5,16H,1H3,(H,12,13,14,17). The zero-order chi connectivity index (χ0) is 12.4. The summed E-state index contributed by atoms with van der Waals surface area (Å²) >= 11 is 2.07. The molecule has 88 valence electrons. The predicted octanol–water partition coefficient (Wildman–Crippen LogP) is 1.38. The monoisotopic (exact) mass is 344 g/mol. The fourth-order valence-electron chi connectivity index (χ4n) is 1.27. The topological polar surface area (TPSA) is 80.0 Å². The molecular weight excluding hydrogens is 335 g/mol. The number of aromatic hydroxyl groups is 1. The third-order valence-electron chi connectivity index (χ3n) is 2.14. The average molecular weight is 344 g/mol. The lowest BCUT2D eigenvalue weighted by Crippen LogP contribution is -2.15. The molecule has 6 nitrogen and oxygen atoms in total. The van der Waals surface area contributed by atoms with E-state index in [1.54, 1.807) is 19.2 Å². The van der Waals surface area contributed by atoms with Crippen molar-refractivity contribution in [1.29, 1.82) is 0 Å². The van der Waals surface area contributed by atoms with Crippen LogP contribution in [0.15, 0.2) is 24.5 Å². The van der Waals surface area contributed by atoms with E-state index in [1.807, 2.05) is 0 Å². The van der Waals surface area contributed by atoms with E-state index in [2.05, 4.69) is 38.0 Å². The van der Waals surface area contributed by atoms with Crippen LogP contribution in [0, 0.1) is 3.57 Å². The van der Waals surface area contributed by atoms with Gasteiger partial charge in [-0.25, -0.2) is 4.68 Å². The molecule has 0 bridgehead atoms. The summed E-state index contributed by atoms with van der Waals surface area (Å²) in [6.07, 6.45) is 1.34. The Morgan fingerprint density at radius 2 is 2.29 bits per heavy atom. The minimum Gasteiger partial charge on any atom is -0.507 e. The zero-order valence-corrected chi connectivity index (χ0v) is 11.0. The van der Waals surface area contributed by atoms with Crippen molar-refractivity contribution in [3.63, 3.8) is 0 Å². The number of nitrogens with one attached hydrogen (secondary N) is 1. The number of nitrogens with zero attached hydrogens (tertiary/aromatic N) is 3. The number of hydrogen-bond donors (Lipinski definition) is 2. The fraction of sp³-hybridized carbons (Fsp3) is 0.100. The van der Waals surface area contributed by atoms with Gasteiger partial charge in [0.05, 0.1) is 5.56 Å². The highest BCUT2D eigenvalue weighted by Gasteiger charge is 2.13. The Morgan fingerprint density at radius 1 is 1.53 bits per heavy atom. The summed E-state index contributed by atoms with van der Waals surface area (Å²) in [4.78, 5) is 15.8. The second kappa shape index (κ2) is 4.70. The van der Waals surface area contributed by atoms with Crippen molar-refractivity contribution in [3.05, 3.63) is 33.7 Å². The molecular formula is C10H9IN4O2. The molecule has 1 amide bonds. The van der Waals surface area contributed by atoms with Crippen LogP contribution >= 0.6 is 22.6 Å². The molecule has 0 unspecified atom stereocenters. The van der Waals surface area contributed by atoms with Crippen LogP contribution < -0.4 is 5.32 Å². The number of hydrogen-bond acceptors (Lipinski definition) is 4. The summed E-state index contributed by atoms with van der Waals surface area (Å²) in [6.45, 7) is 0. The van der Waals surface area contributed by atoms with Crippen molar-refractivity contribution in [1.82, 2.24) is 14.8 Å². The van der Waals surface area contributed by atoms with Gasteiger partial charge >= 0.3 is 0 Å². The van der Waals surface area contributed by atoms with Crippen molar-refractivity contribution >= 4 is 34.4 Å². The van der Waals surface area contributed by atoms with Gasteiger partial charge in [0.2, 0.25) is 5.95 Å². The van der Waals surface area contributed by atoms with Gasteiger partial charge in [-0.2, -0.15) is 10.1 Å². The Labute approximate surface area is 111 Å². The first-order valence-corrected chi connectivity index (χ1v) is 5.79. The number of halogens is 1. The van der Waals surface area contributed by atoms with Crippen molar-refractivity contribution in [2.24, 2.45) is 7.05 Å². The molecule has 2 rings (SSSR count). The molecule has 0 aliphatic heterocycles. The van der Waals surface area contributed by atoms with E-state index in [9.17, 15) is 9.90 Å². The average Bonchev–Trinajstić information content (AvgIpc) is 2.68. The van der Waals surface area contributed by atoms with E-state index in [-0.39, 0.29) is 11.3 Å². The van der Waals surface area contributed by atoms with Gasteiger partial charge in [0, 0.05) is 10.6 Å². The number of amides is 1. The summed E-state index contributed by atoms with van der Waals surface area (Å²) in [5.74, 6) is -0.157. The maximum absolute atomic E-state index is 11.9. The quantitative estimate of drug-likeness (QED) is 0.807. The fourth-order valence-corrected chi connectivity index (χ4v) is 1.76. The lowest BCUT2D eigenvalue weighted by atomic mass is 10.2. The lowest BCUT2D eigenvalue weighted by molar-refractivity contribution is 0.102. The van der Waals surface area contributed by atoms with Crippen LogP contribution in [-0.2, 0) is 7.05 Å². The zero-order valence-electron chi connectivity index (χ0n) is 8.88. The van der Waals surface area contributed by atoms with Crippen LogP contribution in [0.4, 0.5) is 5.95 Å². The number of phenolic OH excluding ortho intramolecular Hbond substituents is 1. The first kappa shape index (κ1) is 11.8. The minimum absolute atomic E-state index is 0.0647. The summed E-state index contributed by atoms with van der Waals surface area (Å²) < 4.78 is 2.30. The Morgan fingerprint density at radius 3 is 2.94 bits per heavy atom. The molecule has 17 heavy (non-hydrogen) atoms. The number of phenols is 1. The number of anilines is 1. The van der Waals surface area contributed by atoms with Gasteiger partial charge in [0.15, 0.2) is 0 Å². The van der Waals surface area contributed by atoms with Crippen LogP contribution in [0.5, 0.6) is 5.75 Å². The van der Waals surface area contributed by atoms with Gasteiger partial charge in [-0.05, 0) is 40.8 Å². The van der Waals surface area contributed by atoms with Crippen LogP contribution in [0.3, 0.4) is 0 Å². The van der Waals surface area contributed by atoms with Gasteiger partial charge in [0.1, 0.15) is 12.1 Å². The first-order chi connectivity index (χ1) is 8.08. The molecule has 0 saturated carbocycles. The van der Waals surface area contributed by atoms with Crippen LogP contribution in [0.1, 0.15) is 10.4 Å². The number of benzene rings is 1. The van der Waals surface area contributed by atoms with Crippen LogP contribution in [-0.4, -0.2) is 25.8 Å². The molecule has 0 fully saturated rings. The van der Waals surface area contributed by atoms with E-state index in [0.29, 0.717) is 5.95 Å². The Kier molecular flexibility index (Phi) is 3.27. The van der Waals surface area contributed by atoms with Gasteiger partial charge in [-0.3, -0.25) is 10.1 Å². The van der Waals surface area contributed by atoms with Crippen LogP contribution in [0.25, 0.3) is 0 Å². The van der Waals surface area contributed by atoms with Crippen molar-refractivity contribution < 1.29 is 9.90 Å². The van der Waals surface area contributed by atoms with Crippen molar-refractivity contribution in [3.8, 4) is 5.75 Å². The van der Waals surface area contributed by atoms with Gasteiger partial charge < -0.3 is 5.11 Å². The lowest BCUT2D eigenvalue weighted by Gasteiger charge is -2.06. The van der Waals surface area contributed by atoms with Gasteiger partial charge in [0.25, 0.3) is 5.91 Å². The first-order valence-electron chi connectivity index (χ1n) is 4.72. The molecule has 7 heteroatoms. The molecule has 0 atom stereocenters. The maximum atomic E-state index is 11.9. The molecule has 0 aliphatic carbocycles. The number of carbonyl (C=O) groups excluding carboxylic acids is 1. The molecule has 0 radical (unpaired) electrons. The largest absolute Gasteiger partial charge is 0.507 e. The summed E-state index contributed by atoms with van der Waals surface area (Å²) in [6, 6.07) is 4.80. The summed E-state index contributed by atoms with van der Waals surface area (Å²) in [5, 5.41) is 16.0. The van der Waals surface area contributed by atoms with E-state index in [4.69, 9.17) is 0 Å². The highest BCUT2D eigenvalue weighted by atomic mass is 127. The van der Waals surface area contributed by atoms with Crippen molar-refractivity contribution in [2.75, 3.05) is 5.32 Å². The normalized spacial score (nSPS) is 10.2. The highest BCUT2D eigenvalue weighted by Crippen LogP contribution is 2.20. The second-order valence-electron chi connectivity index (χ2n) is 3.32.